The van der Waals surface area contributed by atoms with E-state index in [2.05, 4.69) is 0 Å². The van der Waals surface area contributed by atoms with Crippen LogP contribution in [0.1, 0.15) is 12.2 Å². The average molecular weight is 474 g/mol. The van der Waals surface area contributed by atoms with E-state index < -0.39 is 15.9 Å². The van der Waals surface area contributed by atoms with Gasteiger partial charge in [0.1, 0.15) is 28.8 Å². The smallest absolute Gasteiger partial charge is 0.261 e. The highest BCUT2D eigenvalue weighted by Gasteiger charge is 2.35. The molecule has 7 nitrogen and oxygen atoms in total. The lowest BCUT2D eigenvalue weighted by atomic mass is 10.2. The number of hydrogen-bond donors (Lipinski definition) is 0. The maximum absolute atomic E-state index is 13.2. The third kappa shape index (κ3) is 5.73. The minimum absolute atomic E-state index is 0.0414. The lowest BCUT2D eigenvalue weighted by molar-refractivity contribution is -0.136. The molecule has 2 aromatic carbocycles. The summed E-state index contributed by atoms with van der Waals surface area (Å²) in [5.41, 5.74) is 0.701. The molecule has 9 heteroatoms. The van der Waals surface area contributed by atoms with Gasteiger partial charge in [-0.1, -0.05) is 0 Å². The van der Waals surface area contributed by atoms with Crippen molar-refractivity contribution in [2.24, 2.45) is 0 Å². The number of sulfone groups is 1. The zero-order valence-corrected chi connectivity index (χ0v) is 18.9. The Morgan fingerprint density at radius 2 is 1.76 bits per heavy atom. The number of nitrogens with zero attached hydrogens (tertiary/aromatic N) is 1. The monoisotopic (exact) mass is 473 g/mol. The molecule has 1 atom stereocenters. The Morgan fingerprint density at radius 3 is 2.39 bits per heavy atom. The van der Waals surface area contributed by atoms with Gasteiger partial charge in [0.25, 0.3) is 5.91 Å². The van der Waals surface area contributed by atoms with Gasteiger partial charge in [-0.2, -0.15) is 0 Å². The molecule has 0 spiro atoms. The van der Waals surface area contributed by atoms with E-state index in [0.29, 0.717) is 35.0 Å². The number of amides is 1. The van der Waals surface area contributed by atoms with Crippen molar-refractivity contribution < 1.29 is 31.5 Å². The highest BCUT2D eigenvalue weighted by molar-refractivity contribution is 7.91. The second kappa shape index (κ2) is 9.66. The van der Waals surface area contributed by atoms with Crippen LogP contribution in [0.5, 0.6) is 11.5 Å². The molecule has 1 saturated heterocycles. The van der Waals surface area contributed by atoms with E-state index in [0.717, 1.165) is 0 Å². The molecule has 1 amide bonds. The highest BCUT2D eigenvalue weighted by Crippen LogP contribution is 2.26. The van der Waals surface area contributed by atoms with Crippen molar-refractivity contribution >= 4 is 15.7 Å². The number of furan rings is 1. The fraction of sp³-hybridized carbons (Fsp3) is 0.292. The number of hydrogen-bond acceptors (Lipinski definition) is 6. The molecule has 0 aliphatic carbocycles. The van der Waals surface area contributed by atoms with Crippen molar-refractivity contribution in [1.29, 1.82) is 0 Å². The van der Waals surface area contributed by atoms with Crippen LogP contribution in [0, 0.1) is 5.82 Å². The second-order valence-electron chi connectivity index (χ2n) is 7.82. The van der Waals surface area contributed by atoms with E-state index >= 15 is 0 Å². The summed E-state index contributed by atoms with van der Waals surface area (Å²) < 4.78 is 53.9. The molecule has 2 heterocycles. The van der Waals surface area contributed by atoms with E-state index in [-0.39, 0.29) is 36.4 Å². The normalized spacial score (nSPS) is 17.0. The number of carbonyl (C=O) groups is 1. The molecular weight excluding hydrogens is 449 g/mol. The summed E-state index contributed by atoms with van der Waals surface area (Å²) in [7, 11) is -1.64. The Morgan fingerprint density at radius 1 is 1.06 bits per heavy atom. The molecule has 1 aromatic heterocycles. The molecule has 174 valence electrons. The lowest BCUT2D eigenvalue weighted by Crippen LogP contribution is -2.43. The molecule has 4 rings (SSSR count). The average Bonchev–Trinajstić information content (AvgIpc) is 3.42. The molecule has 0 unspecified atom stereocenters. The van der Waals surface area contributed by atoms with Gasteiger partial charge < -0.3 is 18.8 Å². The standard InChI is InChI=1S/C24H24FNO6S/c1-30-20-6-8-21(9-7-20)31-15-24(27)26(19-12-13-33(28,29)16-19)14-22-10-11-23(32-22)17-2-4-18(25)5-3-17/h2-11,19H,12-16H2,1H3/t19-/m0/s1. The zero-order valence-electron chi connectivity index (χ0n) is 18.1. The Kier molecular flexibility index (Phi) is 6.69. The van der Waals surface area contributed by atoms with Gasteiger partial charge in [0.15, 0.2) is 16.4 Å². The largest absolute Gasteiger partial charge is 0.497 e. The van der Waals surface area contributed by atoms with Crippen molar-refractivity contribution in [2.45, 2.75) is 19.0 Å². The van der Waals surface area contributed by atoms with Crippen LogP contribution in [0.3, 0.4) is 0 Å². The SMILES string of the molecule is COc1ccc(OCC(=O)N(Cc2ccc(-c3ccc(F)cc3)o2)[C@H]2CCS(=O)(=O)C2)cc1. The number of carbonyl (C=O) groups excluding carboxylic acids is 1. The van der Waals surface area contributed by atoms with Crippen LogP contribution < -0.4 is 9.47 Å². The Balaban J connectivity index is 1.48. The summed E-state index contributed by atoms with van der Waals surface area (Å²) in [5, 5.41) is 0. The Labute approximate surface area is 191 Å². The van der Waals surface area contributed by atoms with E-state index in [1.807, 2.05) is 0 Å². The number of halogens is 1. The summed E-state index contributed by atoms with van der Waals surface area (Å²) >= 11 is 0. The second-order valence-corrected chi connectivity index (χ2v) is 10.0. The van der Waals surface area contributed by atoms with Crippen LogP contribution in [0.4, 0.5) is 4.39 Å². The van der Waals surface area contributed by atoms with Crippen molar-refractivity contribution in [2.75, 3.05) is 25.2 Å². The van der Waals surface area contributed by atoms with Crippen LogP contribution in [0.15, 0.2) is 65.1 Å². The summed E-state index contributed by atoms with van der Waals surface area (Å²) in [6.45, 7) is -0.138. The summed E-state index contributed by atoms with van der Waals surface area (Å²) in [4.78, 5) is 14.6. The first-order valence-electron chi connectivity index (χ1n) is 10.4. The van der Waals surface area contributed by atoms with Crippen LogP contribution >= 0.6 is 0 Å². The lowest BCUT2D eigenvalue weighted by Gasteiger charge is -2.27. The van der Waals surface area contributed by atoms with Gasteiger partial charge >= 0.3 is 0 Å². The van der Waals surface area contributed by atoms with E-state index in [1.54, 1.807) is 55.6 Å². The van der Waals surface area contributed by atoms with Gasteiger partial charge in [-0.25, -0.2) is 12.8 Å². The number of benzene rings is 2. The van der Waals surface area contributed by atoms with Crippen LogP contribution in [0.25, 0.3) is 11.3 Å². The van der Waals surface area contributed by atoms with Crippen molar-refractivity contribution in [3.05, 3.63) is 72.2 Å². The predicted molar refractivity (Wildman–Crippen MR) is 120 cm³/mol. The number of ether oxygens (including phenoxy) is 2. The minimum atomic E-state index is -3.20. The molecule has 3 aromatic rings. The summed E-state index contributed by atoms with van der Waals surface area (Å²) in [6.07, 6.45) is 0.363. The van der Waals surface area contributed by atoms with Crippen molar-refractivity contribution in [3.8, 4) is 22.8 Å². The first-order chi connectivity index (χ1) is 15.8. The molecule has 0 saturated carbocycles. The van der Waals surface area contributed by atoms with Gasteiger partial charge in [0.2, 0.25) is 0 Å². The highest BCUT2D eigenvalue weighted by atomic mass is 32.2. The maximum atomic E-state index is 13.2. The predicted octanol–water partition coefficient (Wildman–Crippen LogP) is 3.69. The first-order valence-corrected chi connectivity index (χ1v) is 12.3. The molecular formula is C24H24FNO6S. The van der Waals surface area contributed by atoms with E-state index in [4.69, 9.17) is 13.9 Å². The van der Waals surface area contributed by atoms with Crippen LogP contribution in [-0.2, 0) is 21.2 Å². The molecule has 0 N–H and O–H groups in total. The third-order valence-corrected chi connectivity index (χ3v) is 7.26. The summed E-state index contributed by atoms with van der Waals surface area (Å²) in [6, 6.07) is 15.7. The maximum Gasteiger partial charge on any atom is 0.261 e. The molecule has 0 bridgehead atoms. The van der Waals surface area contributed by atoms with E-state index in [1.165, 1.54) is 17.0 Å². The van der Waals surface area contributed by atoms with Gasteiger partial charge in [-0.3, -0.25) is 4.79 Å². The number of methoxy groups -OCH3 is 1. The summed E-state index contributed by atoms with van der Waals surface area (Å²) in [5.74, 6) is 1.46. The first kappa shape index (κ1) is 22.8. The Bertz CT molecular complexity index is 1200. The van der Waals surface area contributed by atoms with Gasteiger partial charge in [0.05, 0.1) is 25.2 Å². The van der Waals surface area contributed by atoms with Crippen LogP contribution in [-0.4, -0.2) is 50.5 Å². The van der Waals surface area contributed by atoms with Gasteiger partial charge in [-0.15, -0.1) is 0 Å². The molecule has 1 aliphatic heterocycles. The minimum Gasteiger partial charge on any atom is -0.497 e. The van der Waals surface area contributed by atoms with Crippen molar-refractivity contribution in [3.63, 3.8) is 0 Å². The van der Waals surface area contributed by atoms with Crippen LogP contribution in [0.2, 0.25) is 0 Å². The quantitative estimate of drug-likeness (QED) is 0.496. The Hall–Kier alpha value is -3.33. The van der Waals surface area contributed by atoms with Crippen molar-refractivity contribution in [1.82, 2.24) is 4.90 Å². The fourth-order valence-electron chi connectivity index (χ4n) is 3.74. The molecule has 33 heavy (non-hydrogen) atoms. The van der Waals surface area contributed by atoms with Gasteiger partial charge in [-0.05, 0) is 67.1 Å². The molecule has 0 radical (unpaired) electrons. The number of rotatable bonds is 8. The van der Waals surface area contributed by atoms with Gasteiger partial charge in [0, 0.05) is 11.6 Å². The fourth-order valence-corrected chi connectivity index (χ4v) is 5.47. The van der Waals surface area contributed by atoms with E-state index in [9.17, 15) is 17.6 Å². The topological polar surface area (TPSA) is 86.1 Å². The molecule has 1 fully saturated rings. The zero-order chi connectivity index (χ0) is 23.4. The third-order valence-electron chi connectivity index (χ3n) is 5.51. The molecule has 1 aliphatic rings.